The van der Waals surface area contributed by atoms with Gasteiger partial charge >= 0.3 is 11.6 Å². The summed E-state index contributed by atoms with van der Waals surface area (Å²) in [5.74, 6) is -2.30. The third-order valence-corrected chi connectivity index (χ3v) is 4.64. The van der Waals surface area contributed by atoms with Crippen molar-refractivity contribution >= 4 is 16.9 Å². The standard InChI is InChI=1S/C25H26O7/c1-14(2)10-11-30-24-21(28)20-17(16-8-6-5-7-9-16)13-19(27)31-23(20)25(22(24)29)32-18(26)12-15(3)4/h5-10,13,15,28-29H,11-12H2,1-4H3. The van der Waals surface area contributed by atoms with Gasteiger partial charge in [0.15, 0.2) is 11.3 Å². The monoisotopic (exact) mass is 438 g/mol. The molecule has 1 aromatic heterocycles. The molecule has 168 valence electrons. The van der Waals surface area contributed by atoms with Crippen LogP contribution in [0, 0.1) is 5.92 Å². The van der Waals surface area contributed by atoms with Crippen LogP contribution in [0.3, 0.4) is 0 Å². The number of hydrogen-bond donors (Lipinski definition) is 2. The summed E-state index contributed by atoms with van der Waals surface area (Å²) < 4.78 is 16.3. The Morgan fingerprint density at radius 3 is 2.41 bits per heavy atom. The van der Waals surface area contributed by atoms with Gasteiger partial charge in [-0.15, -0.1) is 0 Å². The first-order valence-electron chi connectivity index (χ1n) is 10.3. The first-order valence-corrected chi connectivity index (χ1v) is 10.3. The Hall–Kier alpha value is -3.74. The quantitative estimate of drug-likeness (QED) is 0.227. The molecule has 0 aliphatic carbocycles. The number of aromatic hydroxyl groups is 2. The number of carbonyl (C=O) groups excluding carboxylic acids is 1. The van der Waals surface area contributed by atoms with Crippen LogP contribution in [0.2, 0.25) is 0 Å². The van der Waals surface area contributed by atoms with Gasteiger partial charge in [0.2, 0.25) is 17.2 Å². The second kappa shape index (κ2) is 9.60. The highest BCUT2D eigenvalue weighted by Crippen LogP contribution is 2.52. The highest BCUT2D eigenvalue weighted by molar-refractivity contribution is 6.04. The molecule has 0 spiro atoms. The highest BCUT2D eigenvalue weighted by atomic mass is 16.6. The molecule has 2 N–H and O–H groups in total. The summed E-state index contributed by atoms with van der Waals surface area (Å²) in [5.41, 5.74) is 0.987. The maximum Gasteiger partial charge on any atom is 0.336 e. The third kappa shape index (κ3) is 4.94. The van der Waals surface area contributed by atoms with E-state index >= 15 is 0 Å². The smallest absolute Gasteiger partial charge is 0.336 e. The van der Waals surface area contributed by atoms with Crippen molar-refractivity contribution in [1.82, 2.24) is 0 Å². The molecule has 0 aliphatic rings. The minimum atomic E-state index is -0.727. The lowest BCUT2D eigenvalue weighted by Gasteiger charge is -2.17. The van der Waals surface area contributed by atoms with Gasteiger partial charge in [-0.2, -0.15) is 0 Å². The van der Waals surface area contributed by atoms with E-state index in [9.17, 15) is 19.8 Å². The van der Waals surface area contributed by atoms with Crippen LogP contribution in [0.15, 0.2) is 57.3 Å². The van der Waals surface area contributed by atoms with Crippen LogP contribution in [0.25, 0.3) is 22.1 Å². The number of ether oxygens (including phenoxy) is 2. The number of esters is 1. The van der Waals surface area contributed by atoms with Gasteiger partial charge in [0, 0.05) is 18.1 Å². The van der Waals surface area contributed by atoms with Crippen LogP contribution in [0.4, 0.5) is 0 Å². The van der Waals surface area contributed by atoms with E-state index in [-0.39, 0.29) is 41.4 Å². The van der Waals surface area contributed by atoms with Gasteiger partial charge in [-0.3, -0.25) is 4.79 Å². The molecule has 7 nitrogen and oxygen atoms in total. The van der Waals surface area contributed by atoms with Crippen molar-refractivity contribution in [2.45, 2.75) is 34.1 Å². The Kier molecular flexibility index (Phi) is 6.88. The normalized spacial score (nSPS) is 10.9. The van der Waals surface area contributed by atoms with E-state index in [0.29, 0.717) is 11.1 Å². The van der Waals surface area contributed by atoms with Crippen LogP contribution < -0.4 is 15.1 Å². The second-order valence-corrected chi connectivity index (χ2v) is 8.07. The summed E-state index contributed by atoms with van der Waals surface area (Å²) in [7, 11) is 0. The van der Waals surface area contributed by atoms with Crippen molar-refractivity contribution in [3.63, 3.8) is 0 Å². The predicted molar refractivity (Wildman–Crippen MR) is 121 cm³/mol. The number of phenolic OH excluding ortho intramolecular Hbond substituents is 2. The molecule has 3 rings (SSSR count). The Morgan fingerprint density at radius 1 is 1.09 bits per heavy atom. The van der Waals surface area contributed by atoms with Crippen molar-refractivity contribution in [2.75, 3.05) is 6.61 Å². The second-order valence-electron chi connectivity index (χ2n) is 8.07. The predicted octanol–water partition coefficient (Wildman–Crippen LogP) is 5.17. The molecule has 0 fully saturated rings. The molecule has 0 amide bonds. The maximum atomic E-state index is 12.4. The average Bonchev–Trinajstić information content (AvgIpc) is 2.72. The third-order valence-electron chi connectivity index (χ3n) is 4.64. The maximum absolute atomic E-state index is 12.4. The van der Waals surface area contributed by atoms with E-state index in [4.69, 9.17) is 13.9 Å². The zero-order chi connectivity index (χ0) is 23.4. The average molecular weight is 438 g/mol. The first kappa shape index (κ1) is 22.9. The number of allylic oxidation sites excluding steroid dienone is 1. The van der Waals surface area contributed by atoms with Gasteiger partial charge in [-0.1, -0.05) is 49.8 Å². The lowest BCUT2D eigenvalue weighted by atomic mass is 10.00. The summed E-state index contributed by atoms with van der Waals surface area (Å²) in [5, 5.41) is 21.9. The molecule has 0 aliphatic heterocycles. The summed E-state index contributed by atoms with van der Waals surface area (Å²) >= 11 is 0. The fraction of sp³-hybridized carbons (Fsp3) is 0.280. The van der Waals surface area contributed by atoms with Crippen molar-refractivity contribution in [3.05, 3.63) is 58.5 Å². The molecule has 7 heteroatoms. The molecular formula is C25H26O7. The number of fused-ring (bicyclic) bond motifs is 1. The number of hydrogen-bond acceptors (Lipinski definition) is 7. The molecule has 0 atom stereocenters. The van der Waals surface area contributed by atoms with E-state index in [1.54, 1.807) is 30.3 Å². The largest absolute Gasteiger partial charge is 0.504 e. The van der Waals surface area contributed by atoms with E-state index in [0.717, 1.165) is 5.57 Å². The molecule has 0 bridgehead atoms. The van der Waals surface area contributed by atoms with Crippen LogP contribution in [-0.2, 0) is 4.79 Å². The number of benzene rings is 2. The van der Waals surface area contributed by atoms with Crippen LogP contribution >= 0.6 is 0 Å². The Labute approximate surface area is 185 Å². The van der Waals surface area contributed by atoms with Crippen molar-refractivity contribution in [3.8, 4) is 34.1 Å². The van der Waals surface area contributed by atoms with E-state index in [2.05, 4.69) is 0 Å². The number of rotatable bonds is 7. The zero-order valence-electron chi connectivity index (χ0n) is 18.5. The van der Waals surface area contributed by atoms with Gasteiger partial charge < -0.3 is 24.1 Å². The van der Waals surface area contributed by atoms with Gasteiger partial charge in [0.1, 0.15) is 6.61 Å². The lowest BCUT2D eigenvalue weighted by Crippen LogP contribution is -2.12. The molecule has 0 saturated heterocycles. The van der Waals surface area contributed by atoms with Gasteiger partial charge in [-0.25, -0.2) is 4.79 Å². The highest BCUT2D eigenvalue weighted by Gasteiger charge is 2.28. The SMILES string of the molecule is CC(C)=CCOc1c(O)c(OC(=O)CC(C)C)c2oc(=O)cc(-c3ccccc3)c2c1O. The van der Waals surface area contributed by atoms with Crippen LogP contribution in [0.1, 0.15) is 34.1 Å². The van der Waals surface area contributed by atoms with Crippen molar-refractivity contribution in [1.29, 1.82) is 0 Å². The summed E-state index contributed by atoms with van der Waals surface area (Å²) in [6.07, 6.45) is 1.84. The molecule has 0 saturated carbocycles. The minimum absolute atomic E-state index is 0.00768. The molecule has 0 radical (unpaired) electrons. The topological polar surface area (TPSA) is 106 Å². The molecule has 0 unspecified atom stereocenters. The molecule has 2 aromatic carbocycles. The molecule has 32 heavy (non-hydrogen) atoms. The molecule has 1 heterocycles. The lowest BCUT2D eigenvalue weighted by molar-refractivity contribution is -0.135. The fourth-order valence-electron chi connectivity index (χ4n) is 3.18. The Morgan fingerprint density at radius 2 is 1.78 bits per heavy atom. The van der Waals surface area contributed by atoms with Gasteiger partial charge in [0.25, 0.3) is 0 Å². The Bertz CT molecular complexity index is 1220. The van der Waals surface area contributed by atoms with Crippen molar-refractivity contribution in [2.24, 2.45) is 5.92 Å². The minimum Gasteiger partial charge on any atom is -0.504 e. The van der Waals surface area contributed by atoms with E-state index < -0.39 is 23.1 Å². The van der Waals surface area contributed by atoms with Gasteiger partial charge in [0.05, 0.1) is 5.39 Å². The summed E-state index contributed by atoms with van der Waals surface area (Å²) in [6.45, 7) is 7.51. The first-order chi connectivity index (χ1) is 15.2. The summed E-state index contributed by atoms with van der Waals surface area (Å²) in [4.78, 5) is 24.7. The zero-order valence-corrected chi connectivity index (χ0v) is 18.5. The summed E-state index contributed by atoms with van der Waals surface area (Å²) in [6, 6.07) is 10.1. The van der Waals surface area contributed by atoms with Crippen molar-refractivity contribution < 1.29 is 28.9 Å². The number of carbonyl (C=O) groups is 1. The van der Waals surface area contributed by atoms with E-state index in [1.807, 2.05) is 33.8 Å². The number of phenols is 2. The van der Waals surface area contributed by atoms with Gasteiger partial charge in [-0.05, 0) is 31.4 Å². The molecule has 3 aromatic rings. The fourth-order valence-corrected chi connectivity index (χ4v) is 3.18. The van der Waals surface area contributed by atoms with Crippen LogP contribution in [0.5, 0.6) is 23.0 Å². The molecular weight excluding hydrogens is 412 g/mol. The van der Waals surface area contributed by atoms with Crippen LogP contribution in [-0.4, -0.2) is 22.8 Å². The van der Waals surface area contributed by atoms with E-state index in [1.165, 1.54) is 6.07 Å². The Balaban J connectivity index is 2.31.